The van der Waals surface area contributed by atoms with Crippen LogP contribution in [0.2, 0.25) is 0 Å². The van der Waals surface area contributed by atoms with Crippen LogP contribution >= 0.6 is 11.8 Å². The van der Waals surface area contributed by atoms with E-state index >= 15 is 0 Å². The maximum atomic E-state index is 13.3. The van der Waals surface area contributed by atoms with Gasteiger partial charge in [0.2, 0.25) is 0 Å². The van der Waals surface area contributed by atoms with E-state index in [1.807, 2.05) is 84.9 Å². The number of benzene rings is 3. The van der Waals surface area contributed by atoms with Gasteiger partial charge < -0.3 is 4.74 Å². The van der Waals surface area contributed by atoms with Crippen LogP contribution in [0.5, 0.6) is 5.75 Å². The molecule has 0 spiro atoms. The third kappa shape index (κ3) is 3.96. The van der Waals surface area contributed by atoms with Gasteiger partial charge in [0.05, 0.1) is 24.1 Å². The van der Waals surface area contributed by atoms with Crippen LogP contribution in [0.1, 0.15) is 11.1 Å². The van der Waals surface area contributed by atoms with Crippen LogP contribution in [0.4, 0.5) is 0 Å². The van der Waals surface area contributed by atoms with Gasteiger partial charge in [0.1, 0.15) is 5.75 Å². The highest BCUT2D eigenvalue weighted by Crippen LogP contribution is 2.40. The Bertz CT molecular complexity index is 1060. The Kier molecular flexibility index (Phi) is 5.49. The van der Waals surface area contributed by atoms with Gasteiger partial charge in [-0.1, -0.05) is 72.4 Å². The Hall–Kier alpha value is -3.31. The van der Waals surface area contributed by atoms with Gasteiger partial charge in [-0.05, 0) is 35.4 Å². The molecule has 5 heteroatoms. The van der Waals surface area contributed by atoms with Gasteiger partial charge in [-0.25, -0.2) is 0 Å². The second-order valence-corrected chi connectivity index (χ2v) is 7.61. The molecule has 0 radical (unpaired) electrons. The van der Waals surface area contributed by atoms with Crippen LogP contribution in [0.15, 0.2) is 94.7 Å². The largest absolute Gasteiger partial charge is 0.497 e. The molecule has 0 aliphatic carbocycles. The fourth-order valence-corrected chi connectivity index (χ4v) is 4.21. The topological polar surface area (TPSA) is 46.6 Å². The zero-order valence-corrected chi connectivity index (χ0v) is 16.7. The van der Waals surface area contributed by atoms with Crippen LogP contribution in [0.25, 0.3) is 5.57 Å². The summed E-state index contributed by atoms with van der Waals surface area (Å²) in [5.41, 5.74) is 2.07. The lowest BCUT2D eigenvalue weighted by Crippen LogP contribution is -2.30. The number of hydrogen-bond donors (Lipinski definition) is 0. The Morgan fingerprint density at radius 1 is 0.793 bits per heavy atom. The zero-order valence-electron chi connectivity index (χ0n) is 15.9. The van der Waals surface area contributed by atoms with Gasteiger partial charge in [0.25, 0.3) is 11.8 Å². The van der Waals surface area contributed by atoms with E-state index in [1.165, 1.54) is 16.7 Å². The molecule has 0 fully saturated rings. The summed E-state index contributed by atoms with van der Waals surface area (Å²) in [5.74, 6) is 0.199. The number of rotatable bonds is 6. The summed E-state index contributed by atoms with van der Waals surface area (Å²) in [6, 6.07) is 26.4. The molecule has 144 valence electrons. The number of carbonyl (C=O) groups excluding carboxylic acids is 2. The first kappa shape index (κ1) is 19.0. The van der Waals surface area contributed by atoms with E-state index in [1.54, 1.807) is 7.11 Å². The fourth-order valence-electron chi connectivity index (χ4n) is 3.17. The van der Waals surface area contributed by atoms with Crippen molar-refractivity contribution in [3.8, 4) is 5.75 Å². The summed E-state index contributed by atoms with van der Waals surface area (Å²) in [6.07, 6.45) is 0. The third-order valence-corrected chi connectivity index (χ3v) is 5.74. The molecule has 2 amide bonds. The summed E-state index contributed by atoms with van der Waals surface area (Å²) in [5, 5.41) is 0. The number of carbonyl (C=O) groups is 2. The Labute approximate surface area is 173 Å². The molecule has 0 N–H and O–H groups in total. The maximum Gasteiger partial charge on any atom is 0.268 e. The van der Waals surface area contributed by atoms with E-state index in [-0.39, 0.29) is 18.4 Å². The van der Waals surface area contributed by atoms with Crippen molar-refractivity contribution in [2.45, 2.75) is 11.4 Å². The fraction of sp³-hybridized carbons (Fsp3) is 0.0833. The average molecular weight is 401 g/mol. The lowest BCUT2D eigenvalue weighted by atomic mass is 10.1. The second kappa shape index (κ2) is 8.37. The van der Waals surface area contributed by atoms with Gasteiger partial charge >= 0.3 is 0 Å². The van der Waals surface area contributed by atoms with Crippen molar-refractivity contribution in [1.29, 1.82) is 0 Å². The highest BCUT2D eigenvalue weighted by molar-refractivity contribution is 8.04. The molecule has 0 atom stereocenters. The summed E-state index contributed by atoms with van der Waals surface area (Å²) >= 11 is 1.33. The number of methoxy groups -OCH3 is 1. The summed E-state index contributed by atoms with van der Waals surface area (Å²) in [6.45, 7) is 0.219. The molecule has 1 aliphatic rings. The predicted molar refractivity (Wildman–Crippen MR) is 114 cm³/mol. The number of nitrogens with zero attached hydrogens (tertiary/aromatic N) is 1. The molecule has 0 unspecified atom stereocenters. The van der Waals surface area contributed by atoms with Gasteiger partial charge in [-0.3, -0.25) is 14.5 Å². The monoisotopic (exact) mass is 401 g/mol. The number of amides is 2. The minimum atomic E-state index is -0.268. The Morgan fingerprint density at radius 3 is 2.03 bits per heavy atom. The first-order valence-corrected chi connectivity index (χ1v) is 10.0. The molecule has 4 rings (SSSR count). The van der Waals surface area contributed by atoms with Crippen molar-refractivity contribution in [3.63, 3.8) is 0 Å². The number of ether oxygens (including phenoxy) is 1. The van der Waals surface area contributed by atoms with Crippen LogP contribution < -0.4 is 4.74 Å². The normalized spacial score (nSPS) is 13.9. The lowest BCUT2D eigenvalue weighted by molar-refractivity contribution is -0.137. The van der Waals surface area contributed by atoms with E-state index in [2.05, 4.69) is 0 Å². The van der Waals surface area contributed by atoms with Gasteiger partial charge in [0.15, 0.2) is 0 Å². The summed E-state index contributed by atoms with van der Waals surface area (Å²) < 4.78 is 5.18. The molecular formula is C24H19NO3S. The van der Waals surface area contributed by atoms with E-state index in [0.29, 0.717) is 10.5 Å². The van der Waals surface area contributed by atoms with Gasteiger partial charge in [-0.15, -0.1) is 0 Å². The van der Waals surface area contributed by atoms with E-state index in [9.17, 15) is 9.59 Å². The minimum Gasteiger partial charge on any atom is -0.497 e. The highest BCUT2D eigenvalue weighted by atomic mass is 32.2. The smallest absolute Gasteiger partial charge is 0.268 e. The van der Waals surface area contributed by atoms with Gasteiger partial charge in [0, 0.05) is 4.90 Å². The summed E-state index contributed by atoms with van der Waals surface area (Å²) in [7, 11) is 1.60. The van der Waals surface area contributed by atoms with Crippen LogP contribution in [0.3, 0.4) is 0 Å². The van der Waals surface area contributed by atoms with Crippen molar-refractivity contribution < 1.29 is 14.3 Å². The zero-order chi connectivity index (χ0) is 20.2. The maximum absolute atomic E-state index is 13.3. The quantitative estimate of drug-likeness (QED) is 0.559. The van der Waals surface area contributed by atoms with Crippen LogP contribution in [-0.4, -0.2) is 23.8 Å². The molecule has 29 heavy (non-hydrogen) atoms. The molecule has 0 aromatic heterocycles. The molecule has 4 nitrogen and oxygen atoms in total. The molecular weight excluding hydrogens is 382 g/mol. The van der Waals surface area contributed by atoms with Crippen molar-refractivity contribution in [3.05, 3.63) is 101 Å². The van der Waals surface area contributed by atoms with Crippen molar-refractivity contribution in [2.75, 3.05) is 7.11 Å². The van der Waals surface area contributed by atoms with Gasteiger partial charge in [-0.2, -0.15) is 0 Å². The molecule has 3 aromatic rings. The van der Waals surface area contributed by atoms with E-state index < -0.39 is 0 Å². The highest BCUT2D eigenvalue weighted by Gasteiger charge is 2.39. The average Bonchev–Trinajstić information content (AvgIpc) is 3.00. The first-order valence-electron chi connectivity index (χ1n) is 9.19. The molecule has 1 heterocycles. The second-order valence-electron chi connectivity index (χ2n) is 6.53. The third-order valence-electron chi connectivity index (χ3n) is 4.65. The first-order chi connectivity index (χ1) is 14.2. The summed E-state index contributed by atoms with van der Waals surface area (Å²) in [4.78, 5) is 29.2. The standard InChI is InChI=1S/C24H19NO3S/c1-28-19-14-12-17(13-15-19)16-25-23(26)21(18-8-4-2-5-9-18)22(24(25)27)29-20-10-6-3-7-11-20/h2-15H,16H2,1H3. The number of imide groups is 1. The SMILES string of the molecule is COc1ccc(CN2C(=O)C(Sc3ccccc3)=C(c3ccccc3)C2=O)cc1. The lowest BCUT2D eigenvalue weighted by Gasteiger charge is -2.15. The van der Waals surface area contributed by atoms with E-state index in [0.717, 1.165) is 21.8 Å². The minimum absolute atomic E-state index is 0.219. The molecule has 3 aromatic carbocycles. The molecule has 1 aliphatic heterocycles. The molecule has 0 saturated heterocycles. The molecule has 0 bridgehead atoms. The molecule has 0 saturated carbocycles. The predicted octanol–water partition coefficient (Wildman–Crippen LogP) is 4.77. The Balaban J connectivity index is 1.69. The van der Waals surface area contributed by atoms with Crippen molar-refractivity contribution in [1.82, 2.24) is 4.90 Å². The number of thioether (sulfide) groups is 1. The van der Waals surface area contributed by atoms with Crippen molar-refractivity contribution >= 4 is 29.1 Å². The van der Waals surface area contributed by atoms with Crippen LogP contribution in [-0.2, 0) is 16.1 Å². The van der Waals surface area contributed by atoms with E-state index in [4.69, 9.17) is 4.74 Å². The Morgan fingerprint density at radius 2 is 1.41 bits per heavy atom. The van der Waals surface area contributed by atoms with Crippen molar-refractivity contribution in [2.24, 2.45) is 0 Å². The van der Waals surface area contributed by atoms with Crippen LogP contribution in [0, 0.1) is 0 Å². The number of hydrogen-bond acceptors (Lipinski definition) is 4.